The smallest absolute Gasteiger partial charge is 0.298 e. The number of unbranched alkanes of at least 4 members (excludes halogenated alkanes) is 3. The number of nitrogens with zero attached hydrogens (tertiary/aromatic N) is 1. The van der Waals surface area contributed by atoms with Gasteiger partial charge in [-0.1, -0.05) is 45.1 Å². The minimum Gasteiger partial charge on any atom is -0.508 e. The lowest BCUT2D eigenvalue weighted by atomic mass is 9.53. The lowest BCUT2D eigenvalue weighted by molar-refractivity contribution is -0.124. The highest BCUT2D eigenvalue weighted by atomic mass is 16.3. The van der Waals surface area contributed by atoms with Crippen LogP contribution in [0.25, 0.3) is 0 Å². The number of aryl methyl sites for hydroxylation is 1. The number of rotatable bonds is 5. The Bertz CT molecular complexity index is 915. The van der Waals surface area contributed by atoms with Gasteiger partial charge in [-0.25, -0.2) is 0 Å². The van der Waals surface area contributed by atoms with E-state index in [1.807, 2.05) is 19.2 Å². The molecular weight excluding hydrogens is 398 g/mol. The zero-order valence-corrected chi connectivity index (χ0v) is 20.0. The normalized spacial score (nSPS) is 32.8. The van der Waals surface area contributed by atoms with Crippen LogP contribution in [-0.2, 0) is 11.2 Å². The maximum atomic E-state index is 12.6. The van der Waals surface area contributed by atoms with E-state index in [4.69, 9.17) is 0 Å². The minimum absolute atomic E-state index is 0.179. The van der Waals surface area contributed by atoms with Crippen LogP contribution in [-0.4, -0.2) is 40.2 Å². The topological polar surface area (TPSA) is 60.8 Å². The SMILES string of the molecule is CCCCCCN(C)C(=O)C#C[C@]1(O)CC[C@H]2[C@@H]3CCc4cc(O)ccc4[C@H]3CC[C@@]21C. The summed E-state index contributed by atoms with van der Waals surface area (Å²) < 4.78 is 0. The van der Waals surface area contributed by atoms with Gasteiger partial charge in [-0.15, -0.1) is 0 Å². The Morgan fingerprint density at radius 2 is 2.00 bits per heavy atom. The molecule has 1 aromatic rings. The first-order chi connectivity index (χ1) is 15.3. The lowest BCUT2D eigenvalue weighted by Crippen LogP contribution is -2.50. The van der Waals surface area contributed by atoms with Crippen LogP contribution in [0.15, 0.2) is 18.2 Å². The highest BCUT2D eigenvalue weighted by Gasteiger charge is 2.61. The van der Waals surface area contributed by atoms with Crippen LogP contribution in [0, 0.1) is 29.1 Å². The fraction of sp³-hybridized carbons (Fsp3) is 0.679. The summed E-state index contributed by atoms with van der Waals surface area (Å²) in [7, 11) is 1.81. The first-order valence-corrected chi connectivity index (χ1v) is 12.6. The third kappa shape index (κ3) is 4.05. The molecule has 0 unspecified atom stereocenters. The first-order valence-electron chi connectivity index (χ1n) is 12.6. The van der Waals surface area contributed by atoms with Crippen molar-refractivity contribution in [2.24, 2.45) is 17.3 Å². The monoisotopic (exact) mass is 437 g/mol. The Kier molecular flexibility index (Phi) is 6.59. The molecule has 0 radical (unpaired) electrons. The molecule has 174 valence electrons. The van der Waals surface area contributed by atoms with Crippen molar-refractivity contribution in [3.8, 4) is 17.6 Å². The number of fused-ring (bicyclic) bond motifs is 5. The minimum atomic E-state index is -1.09. The largest absolute Gasteiger partial charge is 0.508 e. The molecule has 4 rings (SSSR count). The van der Waals surface area contributed by atoms with E-state index >= 15 is 0 Å². The predicted molar refractivity (Wildman–Crippen MR) is 127 cm³/mol. The Labute approximate surface area is 193 Å². The Morgan fingerprint density at radius 1 is 1.19 bits per heavy atom. The average Bonchev–Trinajstić information content (AvgIpc) is 3.05. The second-order valence-corrected chi connectivity index (χ2v) is 10.7. The summed E-state index contributed by atoms with van der Waals surface area (Å²) >= 11 is 0. The van der Waals surface area contributed by atoms with Gasteiger partial charge in [-0.05, 0) is 91.9 Å². The van der Waals surface area contributed by atoms with Crippen LogP contribution in [0.4, 0.5) is 0 Å². The van der Waals surface area contributed by atoms with Crippen molar-refractivity contribution in [1.82, 2.24) is 4.90 Å². The third-order valence-corrected chi connectivity index (χ3v) is 8.93. The molecule has 4 nitrogen and oxygen atoms in total. The number of aliphatic hydroxyl groups is 1. The highest BCUT2D eigenvalue weighted by Crippen LogP contribution is 2.64. The van der Waals surface area contributed by atoms with Gasteiger partial charge in [0.25, 0.3) is 5.91 Å². The molecule has 2 fully saturated rings. The van der Waals surface area contributed by atoms with E-state index in [0.29, 0.717) is 29.9 Å². The molecule has 0 heterocycles. The lowest BCUT2D eigenvalue weighted by Gasteiger charge is -2.52. The van der Waals surface area contributed by atoms with Gasteiger partial charge >= 0.3 is 0 Å². The molecule has 0 aliphatic heterocycles. The fourth-order valence-corrected chi connectivity index (χ4v) is 6.92. The van der Waals surface area contributed by atoms with Gasteiger partial charge < -0.3 is 15.1 Å². The van der Waals surface area contributed by atoms with Crippen molar-refractivity contribution in [2.45, 2.75) is 89.6 Å². The van der Waals surface area contributed by atoms with E-state index in [1.54, 1.807) is 4.90 Å². The molecule has 3 aliphatic rings. The molecule has 0 aromatic heterocycles. The first kappa shape index (κ1) is 23.2. The van der Waals surface area contributed by atoms with E-state index < -0.39 is 5.60 Å². The molecule has 0 saturated heterocycles. The van der Waals surface area contributed by atoms with Crippen LogP contribution in [0.1, 0.15) is 88.7 Å². The van der Waals surface area contributed by atoms with Gasteiger partial charge in [0.2, 0.25) is 0 Å². The van der Waals surface area contributed by atoms with Crippen molar-refractivity contribution >= 4 is 5.91 Å². The standard InChI is InChI=1S/C28H39NO3/c1-4-5-6-7-18-29(3)26(31)14-17-28(32)16-13-25-24-10-8-20-19-21(30)9-11-22(20)23(24)12-15-27(25,28)2/h9,11,19,23-25,30,32H,4-8,10,12-13,15-16,18H2,1-3H3/t23-,24-,25+,27+,28-/m1/s1. The van der Waals surface area contributed by atoms with E-state index in [0.717, 1.165) is 51.5 Å². The second-order valence-electron chi connectivity index (χ2n) is 10.7. The maximum absolute atomic E-state index is 12.6. The fourth-order valence-electron chi connectivity index (χ4n) is 6.92. The summed E-state index contributed by atoms with van der Waals surface area (Å²) in [4.78, 5) is 14.3. The number of phenols is 1. The molecular formula is C28H39NO3. The zero-order valence-electron chi connectivity index (χ0n) is 20.0. The van der Waals surface area contributed by atoms with Crippen LogP contribution >= 0.6 is 0 Å². The quantitative estimate of drug-likeness (QED) is 0.502. The van der Waals surface area contributed by atoms with Crippen molar-refractivity contribution < 1.29 is 15.0 Å². The summed E-state index contributed by atoms with van der Waals surface area (Å²) in [6.07, 6.45) is 10.2. The van der Waals surface area contributed by atoms with Gasteiger partial charge in [0.1, 0.15) is 11.4 Å². The summed E-state index contributed by atoms with van der Waals surface area (Å²) in [5, 5.41) is 21.5. The number of benzene rings is 1. The van der Waals surface area contributed by atoms with Crippen molar-refractivity contribution in [3.63, 3.8) is 0 Å². The zero-order chi connectivity index (χ0) is 22.9. The van der Waals surface area contributed by atoms with Crippen LogP contribution < -0.4 is 0 Å². The highest BCUT2D eigenvalue weighted by molar-refractivity contribution is 5.93. The van der Waals surface area contributed by atoms with Gasteiger partial charge in [0, 0.05) is 19.0 Å². The van der Waals surface area contributed by atoms with Crippen molar-refractivity contribution in [2.75, 3.05) is 13.6 Å². The van der Waals surface area contributed by atoms with E-state index in [9.17, 15) is 15.0 Å². The molecule has 2 N–H and O–H groups in total. The number of amides is 1. The van der Waals surface area contributed by atoms with Crippen LogP contribution in [0.2, 0.25) is 0 Å². The second kappa shape index (κ2) is 9.10. The third-order valence-electron chi connectivity index (χ3n) is 8.93. The number of phenolic OH excluding ortho intramolecular Hbond substituents is 1. The number of aromatic hydroxyl groups is 1. The summed E-state index contributed by atoms with van der Waals surface area (Å²) in [5.74, 6) is 7.54. The number of carbonyl (C=O) groups is 1. The van der Waals surface area contributed by atoms with Crippen LogP contribution in [0.3, 0.4) is 0 Å². The molecule has 2 saturated carbocycles. The molecule has 5 atom stereocenters. The number of hydrogen-bond donors (Lipinski definition) is 2. The average molecular weight is 438 g/mol. The van der Waals surface area contributed by atoms with E-state index in [-0.39, 0.29) is 11.3 Å². The molecule has 1 aromatic carbocycles. The summed E-state index contributed by atoms with van der Waals surface area (Å²) in [6.45, 7) is 5.12. The van der Waals surface area contributed by atoms with Gasteiger partial charge in [-0.3, -0.25) is 4.79 Å². The van der Waals surface area contributed by atoms with Gasteiger partial charge in [-0.2, -0.15) is 0 Å². The van der Waals surface area contributed by atoms with Gasteiger partial charge in [0.05, 0.1) is 0 Å². The number of carbonyl (C=O) groups excluding carboxylic acids is 1. The summed E-state index contributed by atoms with van der Waals surface area (Å²) in [5.41, 5.74) is 1.32. The molecule has 32 heavy (non-hydrogen) atoms. The van der Waals surface area contributed by atoms with Crippen molar-refractivity contribution in [1.29, 1.82) is 0 Å². The Morgan fingerprint density at radius 3 is 2.78 bits per heavy atom. The molecule has 0 bridgehead atoms. The van der Waals surface area contributed by atoms with Crippen LogP contribution in [0.5, 0.6) is 5.75 Å². The van der Waals surface area contributed by atoms with Gasteiger partial charge in [0.15, 0.2) is 0 Å². The predicted octanol–water partition coefficient (Wildman–Crippen LogP) is 5.02. The number of hydrogen-bond acceptors (Lipinski definition) is 3. The molecule has 1 amide bonds. The molecule has 3 aliphatic carbocycles. The maximum Gasteiger partial charge on any atom is 0.298 e. The van der Waals surface area contributed by atoms with Crippen molar-refractivity contribution in [3.05, 3.63) is 29.3 Å². The van der Waals surface area contributed by atoms with E-state index in [2.05, 4.69) is 31.8 Å². The Hall–Kier alpha value is -1.99. The molecule has 4 heteroatoms. The van der Waals surface area contributed by atoms with E-state index in [1.165, 1.54) is 24.0 Å². The summed E-state index contributed by atoms with van der Waals surface area (Å²) in [6, 6.07) is 5.86. The Balaban J connectivity index is 1.47. The molecule has 0 spiro atoms.